The van der Waals surface area contributed by atoms with E-state index in [4.69, 9.17) is 9.47 Å². The molecule has 0 aliphatic carbocycles. The second-order valence-corrected chi connectivity index (χ2v) is 5.37. The molecule has 2 aromatic rings. The Bertz CT molecular complexity index is 828. The van der Waals surface area contributed by atoms with Crippen LogP contribution in [0.4, 0.5) is 11.4 Å². The van der Waals surface area contributed by atoms with Crippen LogP contribution in [0.25, 0.3) is 0 Å². The molecule has 0 saturated carbocycles. The number of nitrogens with one attached hydrogen (secondary N) is 1. The third-order valence-electron chi connectivity index (χ3n) is 3.54. The van der Waals surface area contributed by atoms with Crippen LogP contribution in [0.15, 0.2) is 24.3 Å². The Kier molecular flexibility index (Phi) is 5.89. The Morgan fingerprint density at radius 1 is 1.27 bits per heavy atom. The van der Waals surface area contributed by atoms with Gasteiger partial charge < -0.3 is 14.8 Å². The molecule has 1 aromatic heterocycles. The molecule has 1 amide bonds. The minimum absolute atomic E-state index is 0.143. The number of carbonyl (C=O) groups is 2. The van der Waals surface area contributed by atoms with Gasteiger partial charge in [0.25, 0.3) is 5.91 Å². The molecule has 1 heterocycles. The lowest BCUT2D eigenvalue weighted by molar-refractivity contribution is -0.386. The van der Waals surface area contributed by atoms with Crippen molar-refractivity contribution in [2.24, 2.45) is 0 Å². The highest BCUT2D eigenvalue weighted by atomic mass is 16.6. The number of ether oxygens (including phenoxy) is 2. The van der Waals surface area contributed by atoms with Crippen LogP contribution in [0.5, 0.6) is 5.75 Å². The monoisotopic (exact) mass is 362 g/mol. The lowest BCUT2D eigenvalue weighted by Gasteiger charge is -2.08. The van der Waals surface area contributed by atoms with Gasteiger partial charge in [-0.15, -0.1) is 0 Å². The van der Waals surface area contributed by atoms with Crippen molar-refractivity contribution in [2.75, 3.05) is 19.0 Å². The van der Waals surface area contributed by atoms with Gasteiger partial charge in [-0.25, -0.2) is 0 Å². The van der Waals surface area contributed by atoms with Crippen molar-refractivity contribution in [2.45, 2.75) is 20.4 Å². The predicted molar refractivity (Wildman–Crippen MR) is 90.9 cm³/mol. The average molecular weight is 362 g/mol. The van der Waals surface area contributed by atoms with Crippen molar-refractivity contribution in [3.05, 3.63) is 45.8 Å². The van der Waals surface area contributed by atoms with Gasteiger partial charge in [0, 0.05) is 5.69 Å². The van der Waals surface area contributed by atoms with Gasteiger partial charge in [0.15, 0.2) is 6.61 Å². The van der Waals surface area contributed by atoms with E-state index in [1.165, 1.54) is 25.6 Å². The summed E-state index contributed by atoms with van der Waals surface area (Å²) in [6.45, 7) is 2.17. The van der Waals surface area contributed by atoms with E-state index in [9.17, 15) is 19.7 Å². The van der Waals surface area contributed by atoms with E-state index in [0.29, 0.717) is 11.4 Å². The van der Waals surface area contributed by atoms with E-state index in [2.05, 4.69) is 10.4 Å². The SMILES string of the molecule is COc1ccc(NC(=O)COC(=O)Cn2nc(C)c([N+](=O)[O-])c2C)cc1. The summed E-state index contributed by atoms with van der Waals surface area (Å²) in [7, 11) is 1.53. The van der Waals surface area contributed by atoms with E-state index in [0.717, 1.165) is 0 Å². The van der Waals surface area contributed by atoms with Gasteiger partial charge in [-0.05, 0) is 38.1 Å². The third kappa shape index (κ3) is 4.56. The van der Waals surface area contributed by atoms with Crippen LogP contribution in [-0.4, -0.2) is 40.3 Å². The van der Waals surface area contributed by atoms with Gasteiger partial charge in [-0.3, -0.25) is 24.4 Å². The smallest absolute Gasteiger partial charge is 0.328 e. The molecule has 0 radical (unpaired) electrons. The fraction of sp³-hybridized carbons (Fsp3) is 0.312. The van der Waals surface area contributed by atoms with Crippen molar-refractivity contribution in [1.82, 2.24) is 9.78 Å². The maximum atomic E-state index is 11.8. The fourth-order valence-corrected chi connectivity index (χ4v) is 2.29. The Hall–Kier alpha value is -3.43. The molecular formula is C16H18N4O6. The standard InChI is InChI=1S/C16H18N4O6/c1-10-16(20(23)24)11(2)19(18-10)8-15(22)26-9-14(21)17-12-4-6-13(25-3)7-5-12/h4-7H,8-9H2,1-3H3,(H,17,21). The molecule has 2 rings (SSSR count). The number of nitro groups is 1. The number of rotatable bonds is 7. The summed E-state index contributed by atoms with van der Waals surface area (Å²) in [6.07, 6.45) is 0. The minimum atomic E-state index is -0.727. The summed E-state index contributed by atoms with van der Waals surface area (Å²) >= 11 is 0. The van der Waals surface area contributed by atoms with Crippen molar-refractivity contribution >= 4 is 23.3 Å². The van der Waals surface area contributed by atoms with Crippen LogP contribution in [0.1, 0.15) is 11.4 Å². The van der Waals surface area contributed by atoms with Gasteiger partial charge in [0.2, 0.25) is 0 Å². The van der Waals surface area contributed by atoms with E-state index in [-0.39, 0.29) is 23.6 Å². The molecule has 1 aromatic carbocycles. The number of carbonyl (C=O) groups excluding carboxylic acids is 2. The number of hydrogen-bond acceptors (Lipinski definition) is 7. The Morgan fingerprint density at radius 3 is 2.46 bits per heavy atom. The number of methoxy groups -OCH3 is 1. The number of esters is 1. The maximum Gasteiger partial charge on any atom is 0.328 e. The zero-order valence-corrected chi connectivity index (χ0v) is 14.5. The first kappa shape index (κ1) is 18.9. The number of hydrogen-bond donors (Lipinski definition) is 1. The highest BCUT2D eigenvalue weighted by Gasteiger charge is 2.23. The average Bonchev–Trinajstić information content (AvgIpc) is 2.87. The van der Waals surface area contributed by atoms with Crippen LogP contribution >= 0.6 is 0 Å². The first-order chi connectivity index (χ1) is 12.3. The first-order valence-electron chi connectivity index (χ1n) is 7.59. The van der Waals surface area contributed by atoms with E-state index in [1.54, 1.807) is 24.3 Å². The van der Waals surface area contributed by atoms with Crippen molar-refractivity contribution < 1.29 is 24.0 Å². The normalized spacial score (nSPS) is 10.3. The number of benzene rings is 1. The number of aromatic nitrogens is 2. The number of amides is 1. The van der Waals surface area contributed by atoms with Crippen LogP contribution in [0.3, 0.4) is 0 Å². The lowest BCUT2D eigenvalue weighted by Crippen LogP contribution is -2.23. The molecule has 0 fully saturated rings. The van der Waals surface area contributed by atoms with Crippen molar-refractivity contribution in [3.8, 4) is 5.75 Å². The summed E-state index contributed by atoms with van der Waals surface area (Å²) < 4.78 is 11.1. The summed E-state index contributed by atoms with van der Waals surface area (Å²) in [6, 6.07) is 6.65. The largest absolute Gasteiger partial charge is 0.497 e. The second kappa shape index (κ2) is 8.10. The predicted octanol–water partition coefficient (Wildman–Crippen LogP) is 1.60. The molecule has 138 valence electrons. The van der Waals surface area contributed by atoms with Crippen molar-refractivity contribution in [3.63, 3.8) is 0 Å². The Balaban J connectivity index is 1.87. The molecule has 0 bridgehead atoms. The topological polar surface area (TPSA) is 126 Å². The number of nitrogens with zero attached hydrogens (tertiary/aromatic N) is 3. The van der Waals surface area contributed by atoms with Gasteiger partial charge in [0.05, 0.1) is 12.0 Å². The number of anilines is 1. The van der Waals surface area contributed by atoms with Gasteiger partial charge in [0.1, 0.15) is 23.7 Å². The highest BCUT2D eigenvalue weighted by molar-refractivity contribution is 5.92. The molecule has 0 aliphatic rings. The van der Waals surface area contributed by atoms with Crippen LogP contribution in [0.2, 0.25) is 0 Å². The summed E-state index contributed by atoms with van der Waals surface area (Å²) in [5, 5.41) is 17.5. The minimum Gasteiger partial charge on any atom is -0.497 e. The van der Waals surface area contributed by atoms with Gasteiger partial charge in [-0.1, -0.05) is 0 Å². The van der Waals surface area contributed by atoms with Crippen molar-refractivity contribution in [1.29, 1.82) is 0 Å². The summed E-state index contributed by atoms with van der Waals surface area (Å²) in [4.78, 5) is 34.0. The fourth-order valence-electron chi connectivity index (χ4n) is 2.29. The van der Waals surface area contributed by atoms with E-state index < -0.39 is 23.4 Å². The Morgan fingerprint density at radius 2 is 1.92 bits per heavy atom. The first-order valence-corrected chi connectivity index (χ1v) is 7.59. The Labute approximate surface area is 148 Å². The summed E-state index contributed by atoms with van der Waals surface area (Å²) in [5.74, 6) is -0.591. The molecule has 26 heavy (non-hydrogen) atoms. The van der Waals surface area contributed by atoms with Gasteiger partial charge in [-0.2, -0.15) is 5.10 Å². The molecule has 0 unspecified atom stereocenters. The summed E-state index contributed by atoms with van der Waals surface area (Å²) in [5.41, 5.74) is 0.834. The highest BCUT2D eigenvalue weighted by Crippen LogP contribution is 2.21. The van der Waals surface area contributed by atoms with Gasteiger partial charge >= 0.3 is 11.7 Å². The molecule has 10 heteroatoms. The van der Waals surface area contributed by atoms with E-state index >= 15 is 0 Å². The van der Waals surface area contributed by atoms with Crippen LogP contribution in [0, 0.1) is 24.0 Å². The zero-order chi connectivity index (χ0) is 19.3. The van der Waals surface area contributed by atoms with E-state index in [1.807, 2.05) is 0 Å². The molecular weight excluding hydrogens is 344 g/mol. The third-order valence-corrected chi connectivity index (χ3v) is 3.54. The molecule has 0 atom stereocenters. The molecule has 1 N–H and O–H groups in total. The molecule has 0 spiro atoms. The molecule has 0 aliphatic heterocycles. The zero-order valence-electron chi connectivity index (χ0n) is 14.5. The molecule has 10 nitrogen and oxygen atoms in total. The van der Waals surface area contributed by atoms with Crippen LogP contribution < -0.4 is 10.1 Å². The second-order valence-electron chi connectivity index (χ2n) is 5.37. The molecule has 0 saturated heterocycles. The maximum absolute atomic E-state index is 11.8. The number of aryl methyl sites for hydroxylation is 1. The van der Waals surface area contributed by atoms with Crippen LogP contribution in [-0.2, 0) is 20.9 Å². The lowest BCUT2D eigenvalue weighted by atomic mass is 10.3. The quantitative estimate of drug-likeness (QED) is 0.450.